The Kier molecular flexibility index (Phi) is 12.8. The van der Waals surface area contributed by atoms with Gasteiger partial charge in [-0.3, -0.25) is 38.0 Å². The van der Waals surface area contributed by atoms with Gasteiger partial charge in [0.2, 0.25) is 25.5 Å². The van der Waals surface area contributed by atoms with Crippen molar-refractivity contribution in [1.82, 2.24) is 48.3 Å². The lowest BCUT2D eigenvalue weighted by Gasteiger charge is -2.10. The number of H-pyrrole nitrogens is 2. The van der Waals surface area contributed by atoms with Crippen LogP contribution in [0.15, 0.2) is 69.6 Å². The number of aryl methyl sites for hydroxylation is 6. The van der Waals surface area contributed by atoms with Gasteiger partial charge in [0.05, 0.1) is 21.2 Å². The highest BCUT2D eigenvalue weighted by molar-refractivity contribution is 7.91. The summed E-state index contributed by atoms with van der Waals surface area (Å²) in [7, 11) is -1.54. The average molecular weight is 906 g/mol. The summed E-state index contributed by atoms with van der Waals surface area (Å²) in [6.07, 6.45) is 0. The summed E-state index contributed by atoms with van der Waals surface area (Å²) in [5.41, 5.74) is -2.94. The van der Waals surface area contributed by atoms with Gasteiger partial charge in [0.15, 0.2) is 11.6 Å². The van der Waals surface area contributed by atoms with Gasteiger partial charge < -0.3 is 10.2 Å². The summed E-state index contributed by atoms with van der Waals surface area (Å²) in [6.45, 7) is 3.30. The Morgan fingerprint density at radius 1 is 0.695 bits per heavy atom. The van der Waals surface area contributed by atoms with Gasteiger partial charge in [-0.1, -0.05) is 23.2 Å². The van der Waals surface area contributed by atoms with Crippen LogP contribution in [0.5, 0.6) is 0 Å². The molecule has 0 saturated heterocycles. The number of hydrogen-bond acceptors (Lipinski definition) is 12. The van der Waals surface area contributed by atoms with Crippen molar-refractivity contribution in [2.24, 2.45) is 42.3 Å². The van der Waals surface area contributed by atoms with Crippen LogP contribution in [0, 0.1) is 25.5 Å². The number of halogens is 4. The van der Waals surface area contributed by atoms with E-state index in [0.717, 1.165) is 58.1 Å². The van der Waals surface area contributed by atoms with E-state index in [1.807, 2.05) is 6.92 Å². The van der Waals surface area contributed by atoms with Crippen LogP contribution in [0.25, 0.3) is 0 Å². The van der Waals surface area contributed by atoms with E-state index in [0.29, 0.717) is 9.13 Å². The van der Waals surface area contributed by atoms with Crippen LogP contribution >= 0.6 is 23.2 Å². The summed E-state index contributed by atoms with van der Waals surface area (Å²) >= 11 is 11.6. The Morgan fingerprint density at radius 3 is 1.42 bits per heavy atom. The summed E-state index contributed by atoms with van der Waals surface area (Å²) in [6, 6.07) is 5.36. The van der Waals surface area contributed by atoms with Gasteiger partial charge in [-0.2, -0.15) is 0 Å². The molecule has 4 heterocycles. The second-order valence-electron chi connectivity index (χ2n) is 12.4. The number of nitrogens with one attached hydrogen (secondary N) is 2. The fourth-order valence-corrected chi connectivity index (χ4v) is 9.29. The molecule has 0 aliphatic carbocycles. The summed E-state index contributed by atoms with van der Waals surface area (Å²) in [5.74, 6) is -5.62. The molecule has 27 heteroatoms. The van der Waals surface area contributed by atoms with E-state index in [4.69, 9.17) is 28.3 Å². The molecule has 0 aliphatic rings. The first-order chi connectivity index (χ1) is 27.2. The van der Waals surface area contributed by atoms with Gasteiger partial charge in [0.1, 0.15) is 15.4 Å². The van der Waals surface area contributed by atoms with Crippen molar-refractivity contribution in [2.75, 3.05) is 0 Å². The molecule has 4 aromatic heterocycles. The number of carboxylic acids is 1. The maximum Gasteiger partial charge on any atom is 0.346 e. The minimum absolute atomic E-state index is 0.0162. The predicted octanol–water partition coefficient (Wildman–Crippen LogP) is 0.774. The zero-order valence-electron chi connectivity index (χ0n) is 31.8. The number of carbonyl (C=O) groups excluding carboxylic acids is 1. The summed E-state index contributed by atoms with van der Waals surface area (Å²) < 4.78 is 85.8. The van der Waals surface area contributed by atoms with Crippen molar-refractivity contribution in [3.8, 4) is 0 Å². The lowest BCUT2D eigenvalue weighted by molar-refractivity contribution is 0.0691. The van der Waals surface area contributed by atoms with E-state index < -0.39 is 101 Å². The molecule has 0 spiro atoms. The minimum Gasteiger partial charge on any atom is -0.478 e. The average Bonchev–Trinajstić information content (AvgIpc) is 3.77. The molecule has 0 fully saturated rings. The molecule has 0 bridgehead atoms. The van der Waals surface area contributed by atoms with Crippen LogP contribution in [-0.2, 0) is 62.0 Å². The Morgan fingerprint density at radius 2 is 1.12 bits per heavy atom. The van der Waals surface area contributed by atoms with Crippen molar-refractivity contribution in [3.05, 3.63) is 122 Å². The molecular formula is C32H32Cl2F2N10O11S2. The third-order valence-corrected chi connectivity index (χ3v) is 12.6. The van der Waals surface area contributed by atoms with Crippen molar-refractivity contribution in [3.63, 3.8) is 0 Å². The second-order valence-corrected chi connectivity index (χ2v) is 16.8. The van der Waals surface area contributed by atoms with Crippen molar-refractivity contribution in [2.45, 2.75) is 34.0 Å². The molecule has 2 aromatic carbocycles. The highest BCUT2D eigenvalue weighted by Crippen LogP contribution is 2.32. The molecule has 59 heavy (non-hydrogen) atoms. The maximum absolute atomic E-state index is 15.2. The topological polar surface area (TPSA) is 278 Å². The van der Waals surface area contributed by atoms with Crippen molar-refractivity contribution < 1.29 is 40.3 Å². The summed E-state index contributed by atoms with van der Waals surface area (Å²) in [4.78, 5) is 67.8. The van der Waals surface area contributed by atoms with Gasteiger partial charge in [-0.05, 0) is 38.1 Å². The summed E-state index contributed by atoms with van der Waals surface area (Å²) in [5, 5.41) is 18.9. The number of aromatic nitrogens is 10. The van der Waals surface area contributed by atoms with Crippen LogP contribution < -0.4 is 22.5 Å². The molecule has 0 saturated carbocycles. The molecule has 316 valence electrons. The van der Waals surface area contributed by atoms with Crippen LogP contribution in [0.1, 0.15) is 37.7 Å². The lowest BCUT2D eigenvalue weighted by Crippen LogP contribution is -2.22. The van der Waals surface area contributed by atoms with E-state index in [1.165, 1.54) is 32.7 Å². The number of nitrogens with zero attached hydrogens (tertiary/aromatic N) is 8. The molecule has 0 amide bonds. The molecule has 0 radical (unpaired) electrons. The molecule has 6 aromatic rings. The van der Waals surface area contributed by atoms with Gasteiger partial charge >= 0.3 is 17.3 Å². The second kappa shape index (κ2) is 16.6. The van der Waals surface area contributed by atoms with Crippen LogP contribution in [0.2, 0.25) is 10.0 Å². The maximum atomic E-state index is 15.2. The number of aromatic amines is 2. The SMILES string of the molecule is Cc1[nH]n(C)c(=O)c1C(=O)c1ccc(Cl)c(S(=O)(=O)c2nn(C)c(=O)n2C)c1F.Cc1cc(=O)n(C)[nH]1.Cn1nc(S(=O)(=O)c2c(Cl)ccc(C(=O)O)c2F)n(C)c1=O. The van der Waals surface area contributed by atoms with Crippen molar-refractivity contribution >= 4 is 54.6 Å². The smallest absolute Gasteiger partial charge is 0.346 e. The first-order valence-electron chi connectivity index (χ1n) is 16.1. The predicted molar refractivity (Wildman–Crippen MR) is 203 cm³/mol. The van der Waals surface area contributed by atoms with E-state index in [9.17, 15) is 50.0 Å². The van der Waals surface area contributed by atoms with Gasteiger partial charge in [0.25, 0.3) is 21.4 Å². The normalized spacial score (nSPS) is 11.5. The van der Waals surface area contributed by atoms with Gasteiger partial charge in [0, 0.05) is 59.7 Å². The Bertz CT molecular complexity index is 3170. The minimum atomic E-state index is -4.71. The number of sulfone groups is 2. The number of carbonyl (C=O) groups is 2. The monoisotopic (exact) mass is 904 g/mol. The number of aromatic carboxylic acids is 1. The highest BCUT2D eigenvalue weighted by Gasteiger charge is 2.35. The number of carboxylic acid groups (broad SMARTS) is 1. The number of benzene rings is 2. The fourth-order valence-electron chi connectivity index (χ4n) is 5.35. The third-order valence-electron chi connectivity index (χ3n) is 8.23. The van der Waals surface area contributed by atoms with E-state index in [-0.39, 0.29) is 16.8 Å². The van der Waals surface area contributed by atoms with Gasteiger partial charge in [-0.15, -0.1) is 10.2 Å². The Hall–Kier alpha value is -6.18. The first kappa shape index (κ1) is 45.5. The number of hydrogen-bond donors (Lipinski definition) is 3. The molecule has 21 nitrogen and oxygen atoms in total. The number of rotatable bonds is 7. The third kappa shape index (κ3) is 8.39. The van der Waals surface area contributed by atoms with Crippen LogP contribution in [0.4, 0.5) is 8.78 Å². The zero-order valence-corrected chi connectivity index (χ0v) is 35.0. The molecule has 6 rings (SSSR count). The largest absolute Gasteiger partial charge is 0.478 e. The van der Waals surface area contributed by atoms with Gasteiger partial charge in [-0.25, -0.2) is 49.4 Å². The fraction of sp³-hybridized carbons (Fsp3) is 0.250. The van der Waals surface area contributed by atoms with Crippen LogP contribution in [0.3, 0.4) is 0 Å². The van der Waals surface area contributed by atoms with E-state index in [2.05, 4.69) is 20.4 Å². The molecule has 0 unspecified atom stereocenters. The molecule has 0 aliphatic heterocycles. The van der Waals surface area contributed by atoms with E-state index in [1.54, 1.807) is 13.1 Å². The zero-order chi connectivity index (χ0) is 44.8. The quantitative estimate of drug-likeness (QED) is 0.187. The molecule has 0 atom stereocenters. The standard InChI is InChI=1S/C16H15ClFN5O5S.C11H9ClFN3O5S.C5H8N2O/c1-7-10(14(25)22(3)19-7)12(24)8-5-6-9(17)13(11(8)18)29(27,28)15-20-23(4)16(26)21(15)2;1-15-10(14-16(2)11(15)19)22(20,21)8-6(12)4-3-5(7(8)13)9(17)18;1-4-3-5(8)7(2)6-4/h5-6,19H,1-4H3;3-4H,1-2H3,(H,17,18);3,6H,1-2H3. The molecule has 3 N–H and O–H groups in total. The Balaban J connectivity index is 0.000000225. The van der Waals surface area contributed by atoms with E-state index >= 15 is 4.39 Å². The number of ketones is 1. The molecular weight excluding hydrogens is 873 g/mol. The lowest BCUT2D eigenvalue weighted by atomic mass is 10.0. The van der Waals surface area contributed by atoms with Crippen molar-refractivity contribution in [1.29, 1.82) is 0 Å². The highest BCUT2D eigenvalue weighted by atomic mass is 35.5. The Labute approximate surface area is 340 Å². The van der Waals surface area contributed by atoms with Crippen LogP contribution in [-0.4, -0.2) is 82.0 Å². The first-order valence-corrected chi connectivity index (χ1v) is 19.8.